The molecule has 23 heavy (non-hydrogen) atoms. The highest BCUT2D eigenvalue weighted by atomic mass is 19.1. The summed E-state index contributed by atoms with van der Waals surface area (Å²) >= 11 is 0. The Bertz CT molecular complexity index is 717. The number of methoxy groups -OCH3 is 1. The predicted molar refractivity (Wildman–Crippen MR) is 84.0 cm³/mol. The van der Waals surface area contributed by atoms with E-state index < -0.39 is 0 Å². The summed E-state index contributed by atoms with van der Waals surface area (Å²) in [5.41, 5.74) is 2.33. The standard InChI is InChI=1S/C18H18FNO3/c1-22-16-6-5-14-11-20(8-7-13(14)9-16)18(21)12-23-17-4-2-3-15(19)10-17/h2-6,9-10H,7-8,11-12H2,1H3. The van der Waals surface area contributed by atoms with Crippen LogP contribution in [0.5, 0.6) is 11.5 Å². The van der Waals surface area contributed by atoms with Crippen molar-refractivity contribution >= 4 is 5.91 Å². The monoisotopic (exact) mass is 315 g/mol. The zero-order valence-corrected chi connectivity index (χ0v) is 12.9. The Balaban J connectivity index is 1.60. The molecule has 3 rings (SSSR count). The van der Waals surface area contributed by atoms with Crippen molar-refractivity contribution in [2.24, 2.45) is 0 Å². The van der Waals surface area contributed by atoms with E-state index in [4.69, 9.17) is 9.47 Å². The topological polar surface area (TPSA) is 38.8 Å². The minimum atomic E-state index is -0.379. The first-order valence-corrected chi connectivity index (χ1v) is 7.47. The SMILES string of the molecule is COc1ccc2c(c1)CCN(C(=O)COc1cccc(F)c1)C2. The van der Waals surface area contributed by atoms with Crippen molar-refractivity contribution in [3.05, 3.63) is 59.4 Å². The molecule has 1 aliphatic heterocycles. The van der Waals surface area contributed by atoms with Crippen LogP contribution in [0.1, 0.15) is 11.1 Å². The quantitative estimate of drug-likeness (QED) is 0.871. The van der Waals surface area contributed by atoms with Crippen LogP contribution in [0.3, 0.4) is 0 Å². The second-order valence-electron chi connectivity index (χ2n) is 5.45. The van der Waals surface area contributed by atoms with Gasteiger partial charge in [0.05, 0.1) is 7.11 Å². The third-order valence-corrected chi connectivity index (χ3v) is 3.94. The lowest BCUT2D eigenvalue weighted by atomic mass is 9.99. The molecule has 1 aliphatic rings. The highest BCUT2D eigenvalue weighted by Crippen LogP contribution is 2.24. The lowest BCUT2D eigenvalue weighted by Crippen LogP contribution is -2.38. The molecular weight excluding hydrogens is 297 g/mol. The molecule has 5 heteroatoms. The van der Waals surface area contributed by atoms with Crippen molar-refractivity contribution in [3.63, 3.8) is 0 Å². The molecule has 2 aromatic carbocycles. The van der Waals surface area contributed by atoms with Gasteiger partial charge < -0.3 is 14.4 Å². The van der Waals surface area contributed by atoms with Crippen molar-refractivity contribution in [3.8, 4) is 11.5 Å². The molecule has 0 unspecified atom stereocenters. The van der Waals surface area contributed by atoms with Crippen LogP contribution >= 0.6 is 0 Å². The fourth-order valence-corrected chi connectivity index (χ4v) is 2.66. The smallest absolute Gasteiger partial charge is 0.260 e. The van der Waals surface area contributed by atoms with Gasteiger partial charge in [-0.1, -0.05) is 12.1 Å². The molecule has 0 N–H and O–H groups in total. The summed E-state index contributed by atoms with van der Waals surface area (Å²) in [6, 6.07) is 11.7. The minimum Gasteiger partial charge on any atom is -0.497 e. The Morgan fingerprint density at radius 2 is 2.04 bits per heavy atom. The molecule has 0 fully saturated rings. The fraction of sp³-hybridized carbons (Fsp3) is 0.278. The van der Waals surface area contributed by atoms with Gasteiger partial charge in [-0.15, -0.1) is 0 Å². The Morgan fingerprint density at radius 1 is 1.17 bits per heavy atom. The van der Waals surface area contributed by atoms with Crippen molar-refractivity contribution in [2.45, 2.75) is 13.0 Å². The molecule has 0 aliphatic carbocycles. The summed E-state index contributed by atoms with van der Waals surface area (Å²) in [4.78, 5) is 14.0. The number of hydrogen-bond donors (Lipinski definition) is 0. The van der Waals surface area contributed by atoms with Gasteiger partial charge in [-0.25, -0.2) is 4.39 Å². The van der Waals surface area contributed by atoms with Gasteiger partial charge in [-0.3, -0.25) is 4.79 Å². The van der Waals surface area contributed by atoms with Gasteiger partial charge in [0.1, 0.15) is 17.3 Å². The number of ether oxygens (including phenoxy) is 2. The van der Waals surface area contributed by atoms with Crippen LogP contribution in [0.2, 0.25) is 0 Å². The van der Waals surface area contributed by atoms with Crippen molar-refractivity contribution in [2.75, 3.05) is 20.3 Å². The van der Waals surface area contributed by atoms with Crippen LogP contribution in [-0.4, -0.2) is 31.1 Å². The number of rotatable bonds is 4. The lowest BCUT2D eigenvalue weighted by molar-refractivity contribution is -0.134. The van der Waals surface area contributed by atoms with Crippen LogP contribution in [0.4, 0.5) is 4.39 Å². The second-order valence-corrected chi connectivity index (χ2v) is 5.45. The summed E-state index contributed by atoms with van der Waals surface area (Å²) in [5, 5.41) is 0. The van der Waals surface area contributed by atoms with Crippen molar-refractivity contribution in [1.29, 1.82) is 0 Å². The molecule has 0 saturated heterocycles. The maximum atomic E-state index is 13.1. The molecule has 0 atom stereocenters. The van der Waals surface area contributed by atoms with E-state index in [1.807, 2.05) is 18.2 Å². The van der Waals surface area contributed by atoms with E-state index in [1.54, 1.807) is 24.1 Å². The Labute approximate surface area is 134 Å². The van der Waals surface area contributed by atoms with Gasteiger partial charge in [0.15, 0.2) is 6.61 Å². The lowest BCUT2D eigenvalue weighted by Gasteiger charge is -2.29. The third kappa shape index (κ3) is 3.62. The summed E-state index contributed by atoms with van der Waals surface area (Å²) in [6.45, 7) is 1.12. The van der Waals surface area contributed by atoms with Crippen molar-refractivity contribution < 1.29 is 18.7 Å². The zero-order chi connectivity index (χ0) is 16.2. The average molecular weight is 315 g/mol. The third-order valence-electron chi connectivity index (χ3n) is 3.94. The molecule has 1 heterocycles. The van der Waals surface area contributed by atoms with E-state index in [2.05, 4.69) is 0 Å². The molecule has 0 aromatic heterocycles. The molecule has 0 spiro atoms. The average Bonchev–Trinajstić information content (AvgIpc) is 2.58. The van der Waals surface area contributed by atoms with Crippen LogP contribution in [0, 0.1) is 5.82 Å². The van der Waals surface area contributed by atoms with Gasteiger partial charge in [-0.05, 0) is 41.8 Å². The van der Waals surface area contributed by atoms with Gasteiger partial charge in [0, 0.05) is 19.2 Å². The Kier molecular flexibility index (Phi) is 4.46. The van der Waals surface area contributed by atoms with E-state index in [9.17, 15) is 9.18 Å². The number of halogens is 1. The van der Waals surface area contributed by atoms with E-state index in [-0.39, 0.29) is 18.3 Å². The molecule has 1 amide bonds. The van der Waals surface area contributed by atoms with Crippen molar-refractivity contribution in [1.82, 2.24) is 4.90 Å². The first-order chi connectivity index (χ1) is 11.2. The number of fused-ring (bicyclic) bond motifs is 1. The molecular formula is C18H18FNO3. The van der Waals surface area contributed by atoms with Gasteiger partial charge in [-0.2, -0.15) is 0 Å². The fourth-order valence-electron chi connectivity index (χ4n) is 2.66. The van der Waals surface area contributed by atoms with E-state index in [0.29, 0.717) is 18.8 Å². The normalized spacial score (nSPS) is 13.4. The number of amides is 1. The maximum absolute atomic E-state index is 13.1. The van der Waals surface area contributed by atoms with Gasteiger partial charge >= 0.3 is 0 Å². The van der Waals surface area contributed by atoms with Crippen LogP contribution in [0.15, 0.2) is 42.5 Å². The number of nitrogens with zero attached hydrogens (tertiary/aromatic N) is 1. The highest BCUT2D eigenvalue weighted by Gasteiger charge is 2.21. The van der Waals surface area contributed by atoms with Crippen LogP contribution in [0.25, 0.3) is 0 Å². The van der Waals surface area contributed by atoms with E-state index in [1.165, 1.54) is 17.7 Å². The number of benzene rings is 2. The molecule has 0 radical (unpaired) electrons. The predicted octanol–water partition coefficient (Wildman–Crippen LogP) is 2.80. The summed E-state index contributed by atoms with van der Waals surface area (Å²) in [5.74, 6) is 0.713. The molecule has 0 saturated carbocycles. The number of carbonyl (C=O) groups is 1. The number of carbonyl (C=O) groups excluding carboxylic acids is 1. The maximum Gasteiger partial charge on any atom is 0.260 e. The van der Waals surface area contributed by atoms with Gasteiger partial charge in [0.25, 0.3) is 5.91 Å². The van der Waals surface area contributed by atoms with E-state index in [0.717, 1.165) is 17.7 Å². The molecule has 2 aromatic rings. The summed E-state index contributed by atoms with van der Waals surface area (Å²) in [6.07, 6.45) is 0.790. The molecule has 4 nitrogen and oxygen atoms in total. The first-order valence-electron chi connectivity index (χ1n) is 7.47. The number of hydrogen-bond acceptors (Lipinski definition) is 3. The van der Waals surface area contributed by atoms with Crippen LogP contribution < -0.4 is 9.47 Å². The van der Waals surface area contributed by atoms with Crippen LogP contribution in [-0.2, 0) is 17.8 Å². The molecule has 0 bridgehead atoms. The largest absolute Gasteiger partial charge is 0.497 e. The Morgan fingerprint density at radius 3 is 2.83 bits per heavy atom. The van der Waals surface area contributed by atoms with E-state index >= 15 is 0 Å². The highest BCUT2D eigenvalue weighted by molar-refractivity contribution is 5.78. The molecule has 120 valence electrons. The van der Waals surface area contributed by atoms with Gasteiger partial charge in [0.2, 0.25) is 0 Å². The Hall–Kier alpha value is -2.56. The first kappa shape index (κ1) is 15.3. The minimum absolute atomic E-state index is 0.0884. The zero-order valence-electron chi connectivity index (χ0n) is 12.9. The second kappa shape index (κ2) is 6.69. The summed E-state index contributed by atoms with van der Waals surface area (Å²) < 4.78 is 23.7. The summed E-state index contributed by atoms with van der Waals surface area (Å²) in [7, 11) is 1.64.